The van der Waals surface area contributed by atoms with Crippen molar-refractivity contribution < 1.29 is 17.9 Å². The molecule has 1 aromatic heterocycles. The Morgan fingerprint density at radius 1 is 0.925 bits per heavy atom. The predicted octanol–water partition coefficient (Wildman–Crippen LogP) is 5.26. The summed E-state index contributed by atoms with van der Waals surface area (Å²) in [5, 5.41) is 0.964. The lowest BCUT2D eigenvalue weighted by Crippen LogP contribution is -2.46. The first-order chi connectivity index (χ1) is 19.4. The van der Waals surface area contributed by atoms with Crippen molar-refractivity contribution in [3.8, 4) is 5.75 Å². The van der Waals surface area contributed by atoms with E-state index in [1.807, 2.05) is 18.2 Å². The molecular formula is C30H32N4O4S2. The number of sulfonamides is 1. The topological polar surface area (TPSA) is 83.0 Å². The first-order valence-corrected chi connectivity index (χ1v) is 15.9. The maximum atomic E-state index is 13.0. The van der Waals surface area contributed by atoms with Crippen molar-refractivity contribution in [3.63, 3.8) is 0 Å². The third kappa shape index (κ3) is 5.56. The number of esters is 1. The summed E-state index contributed by atoms with van der Waals surface area (Å²) in [6.07, 6.45) is 1.90. The van der Waals surface area contributed by atoms with E-state index in [2.05, 4.69) is 41.0 Å². The molecule has 4 aromatic rings. The molecule has 0 amide bonds. The highest BCUT2D eigenvalue weighted by Crippen LogP contribution is 2.33. The number of piperazine rings is 1. The van der Waals surface area contributed by atoms with Crippen molar-refractivity contribution in [3.05, 3.63) is 78.4 Å². The van der Waals surface area contributed by atoms with Crippen molar-refractivity contribution in [1.29, 1.82) is 0 Å². The fraction of sp³-hybridized carbons (Fsp3) is 0.333. The van der Waals surface area contributed by atoms with Gasteiger partial charge in [-0.1, -0.05) is 36.5 Å². The van der Waals surface area contributed by atoms with Gasteiger partial charge in [-0.15, -0.1) is 0 Å². The predicted molar refractivity (Wildman–Crippen MR) is 159 cm³/mol. The molecule has 0 N–H and O–H groups in total. The zero-order valence-electron chi connectivity index (χ0n) is 22.4. The number of rotatable bonds is 6. The number of hydrogen-bond donors (Lipinski definition) is 0. The number of ether oxygens (including phenoxy) is 1. The Bertz CT molecular complexity index is 1600. The van der Waals surface area contributed by atoms with Crippen LogP contribution in [0.2, 0.25) is 0 Å². The second-order valence-corrected chi connectivity index (χ2v) is 13.4. The van der Waals surface area contributed by atoms with Crippen molar-refractivity contribution in [2.45, 2.75) is 24.7 Å². The van der Waals surface area contributed by atoms with Gasteiger partial charge in [-0.3, -0.25) is 0 Å². The Labute approximate surface area is 238 Å². The van der Waals surface area contributed by atoms with Crippen molar-refractivity contribution in [2.75, 3.05) is 49.1 Å². The molecule has 40 heavy (non-hydrogen) atoms. The number of nitrogens with zero attached hydrogens (tertiary/aromatic N) is 4. The Hall–Kier alpha value is -3.47. The Morgan fingerprint density at radius 2 is 1.65 bits per heavy atom. The van der Waals surface area contributed by atoms with Gasteiger partial charge in [-0.2, -0.15) is 4.31 Å². The zero-order valence-corrected chi connectivity index (χ0v) is 24.0. The van der Waals surface area contributed by atoms with E-state index in [1.54, 1.807) is 17.4 Å². The van der Waals surface area contributed by atoms with Crippen molar-refractivity contribution in [1.82, 2.24) is 9.29 Å². The maximum absolute atomic E-state index is 13.0. The van der Waals surface area contributed by atoms with Gasteiger partial charge in [0.15, 0.2) is 5.13 Å². The van der Waals surface area contributed by atoms with Gasteiger partial charge in [-0.05, 0) is 67.3 Å². The van der Waals surface area contributed by atoms with E-state index in [9.17, 15) is 13.2 Å². The Balaban J connectivity index is 1.10. The molecule has 0 bridgehead atoms. The minimum atomic E-state index is -3.58. The lowest BCUT2D eigenvalue weighted by molar-refractivity contribution is 0.0735. The Kier molecular flexibility index (Phi) is 7.48. The molecule has 0 spiro atoms. The minimum absolute atomic E-state index is 0.196. The normalized spacial score (nSPS) is 18.7. The summed E-state index contributed by atoms with van der Waals surface area (Å²) in [5.41, 5.74) is 2.41. The van der Waals surface area contributed by atoms with E-state index >= 15 is 0 Å². The van der Waals surface area contributed by atoms with Gasteiger partial charge in [0, 0.05) is 51.0 Å². The first-order valence-electron chi connectivity index (χ1n) is 13.6. The van der Waals surface area contributed by atoms with Crippen LogP contribution < -0.4 is 14.5 Å². The van der Waals surface area contributed by atoms with Gasteiger partial charge < -0.3 is 14.5 Å². The summed E-state index contributed by atoms with van der Waals surface area (Å²) < 4.78 is 34.2. The number of aromatic nitrogens is 1. The van der Waals surface area contributed by atoms with Gasteiger partial charge in [0.2, 0.25) is 10.0 Å². The maximum Gasteiger partial charge on any atom is 0.343 e. The number of carbonyl (C=O) groups excluding carboxylic acids is 1. The smallest absolute Gasteiger partial charge is 0.343 e. The van der Waals surface area contributed by atoms with E-state index in [-0.39, 0.29) is 4.90 Å². The largest absolute Gasteiger partial charge is 0.423 e. The number of carbonyl (C=O) groups is 1. The third-order valence-electron chi connectivity index (χ3n) is 7.58. The minimum Gasteiger partial charge on any atom is -0.423 e. The second kappa shape index (κ2) is 11.2. The van der Waals surface area contributed by atoms with Gasteiger partial charge >= 0.3 is 5.97 Å². The standard InChI is InChI=1S/C30H32N4O4S2/c1-22-6-5-15-34(21-22)40(36,37)26-12-9-23(10-13-26)29(35)38-25-11-14-27-28(20-25)39-30(31-27)33-18-16-32(17-19-33)24-7-3-2-4-8-24/h2-4,7-14,20,22H,5-6,15-19,21H2,1H3. The second-order valence-electron chi connectivity index (χ2n) is 10.5. The van der Waals surface area contributed by atoms with Crippen LogP contribution in [0.3, 0.4) is 0 Å². The molecule has 0 radical (unpaired) electrons. The van der Waals surface area contributed by atoms with E-state index in [0.29, 0.717) is 30.3 Å². The van der Waals surface area contributed by atoms with Crippen LogP contribution in [0.4, 0.5) is 10.8 Å². The number of fused-ring (bicyclic) bond motifs is 1. The molecule has 6 rings (SSSR count). The van der Waals surface area contributed by atoms with Crippen LogP contribution in [-0.2, 0) is 10.0 Å². The zero-order chi connectivity index (χ0) is 27.7. The molecule has 0 saturated carbocycles. The molecular weight excluding hydrogens is 544 g/mol. The van der Waals surface area contributed by atoms with E-state index in [1.165, 1.54) is 34.3 Å². The van der Waals surface area contributed by atoms with Crippen molar-refractivity contribution >= 4 is 48.4 Å². The summed E-state index contributed by atoms with van der Waals surface area (Å²) in [7, 11) is -3.58. The molecule has 0 aliphatic carbocycles. The van der Waals surface area contributed by atoms with Crippen LogP contribution in [0.5, 0.6) is 5.75 Å². The van der Waals surface area contributed by atoms with Crippen LogP contribution in [-0.4, -0.2) is 62.9 Å². The SMILES string of the molecule is CC1CCCN(S(=O)(=O)c2ccc(C(=O)Oc3ccc4nc(N5CCN(c6ccccc6)CC5)sc4c3)cc2)C1. The summed E-state index contributed by atoms with van der Waals surface area (Å²) in [4.78, 5) is 22.5. The Morgan fingerprint density at radius 3 is 2.38 bits per heavy atom. The molecule has 1 unspecified atom stereocenters. The van der Waals surface area contributed by atoms with Crippen LogP contribution in [0.25, 0.3) is 10.2 Å². The number of piperidine rings is 1. The molecule has 2 aliphatic heterocycles. The lowest BCUT2D eigenvalue weighted by atomic mass is 10.0. The molecule has 2 aliphatic rings. The molecule has 10 heteroatoms. The van der Waals surface area contributed by atoms with Gasteiger partial charge in [0.25, 0.3) is 0 Å². The van der Waals surface area contributed by atoms with Crippen molar-refractivity contribution in [2.24, 2.45) is 5.92 Å². The van der Waals surface area contributed by atoms with Gasteiger partial charge in [-0.25, -0.2) is 18.2 Å². The quantitative estimate of drug-likeness (QED) is 0.229. The summed E-state index contributed by atoms with van der Waals surface area (Å²) >= 11 is 1.59. The molecule has 3 heterocycles. The molecule has 3 aromatic carbocycles. The van der Waals surface area contributed by atoms with Gasteiger partial charge in [0.05, 0.1) is 20.7 Å². The average Bonchev–Trinajstić information content (AvgIpc) is 3.41. The highest BCUT2D eigenvalue weighted by Gasteiger charge is 2.29. The highest BCUT2D eigenvalue weighted by atomic mass is 32.2. The average molecular weight is 577 g/mol. The van der Waals surface area contributed by atoms with E-state index in [0.717, 1.165) is 54.4 Å². The highest BCUT2D eigenvalue weighted by molar-refractivity contribution is 7.89. The number of anilines is 2. The molecule has 1 atom stereocenters. The monoisotopic (exact) mass is 576 g/mol. The third-order valence-corrected chi connectivity index (χ3v) is 10.5. The van der Waals surface area contributed by atoms with Gasteiger partial charge in [0.1, 0.15) is 5.75 Å². The number of hydrogen-bond acceptors (Lipinski definition) is 8. The summed E-state index contributed by atoms with van der Waals surface area (Å²) in [6, 6.07) is 21.9. The van der Waals surface area contributed by atoms with E-state index < -0.39 is 16.0 Å². The molecule has 208 valence electrons. The van der Waals surface area contributed by atoms with Crippen LogP contribution in [0.15, 0.2) is 77.7 Å². The first kappa shape index (κ1) is 26.7. The fourth-order valence-corrected chi connectivity index (χ4v) is 7.97. The summed E-state index contributed by atoms with van der Waals surface area (Å²) in [5.74, 6) is 0.242. The lowest BCUT2D eigenvalue weighted by Gasteiger charge is -2.35. The molecule has 2 saturated heterocycles. The van der Waals surface area contributed by atoms with Crippen LogP contribution in [0, 0.1) is 5.92 Å². The number of para-hydroxylation sites is 1. The van der Waals surface area contributed by atoms with Crippen LogP contribution in [0.1, 0.15) is 30.1 Å². The number of thiazole rings is 1. The van der Waals surface area contributed by atoms with E-state index in [4.69, 9.17) is 9.72 Å². The number of benzene rings is 3. The summed E-state index contributed by atoms with van der Waals surface area (Å²) in [6.45, 7) is 6.76. The molecule has 8 nitrogen and oxygen atoms in total. The fourth-order valence-electron chi connectivity index (χ4n) is 5.33. The van der Waals surface area contributed by atoms with Crippen LogP contribution >= 0.6 is 11.3 Å². The molecule has 2 fully saturated rings.